The summed E-state index contributed by atoms with van der Waals surface area (Å²) in [6.45, 7) is 1.98. The van der Waals surface area contributed by atoms with E-state index in [0.29, 0.717) is 4.90 Å². The van der Waals surface area contributed by atoms with Gasteiger partial charge in [-0.25, -0.2) is 13.4 Å². The zero-order chi connectivity index (χ0) is 14.8. The van der Waals surface area contributed by atoms with Crippen LogP contribution in [0.3, 0.4) is 0 Å². The van der Waals surface area contributed by atoms with Crippen LogP contribution in [0.25, 0.3) is 0 Å². The maximum atomic E-state index is 11.5. The van der Waals surface area contributed by atoms with Gasteiger partial charge in [-0.1, -0.05) is 12.1 Å². The lowest BCUT2D eigenvalue weighted by molar-refractivity contribution is 0.588. The molecule has 1 atom stereocenters. The monoisotopic (exact) mass is 310 g/mol. The highest BCUT2D eigenvalue weighted by molar-refractivity contribution is 7.90. The standard InChI is InChI=1S/C14H18N2O2S2/c1-10-9-19-14(16-10)8-13(15-2)11-4-6-12(7-5-11)20(3,17)18/h4-7,9,13,15H,8H2,1-3H3. The molecule has 1 N–H and O–H groups in total. The molecule has 0 bridgehead atoms. The van der Waals surface area contributed by atoms with Crippen molar-refractivity contribution in [2.75, 3.05) is 13.3 Å². The lowest BCUT2D eigenvalue weighted by atomic mass is 10.0. The molecule has 1 aromatic heterocycles. The highest BCUT2D eigenvalue weighted by Crippen LogP contribution is 2.22. The SMILES string of the molecule is CNC(Cc1nc(C)cs1)c1ccc(S(C)(=O)=O)cc1. The van der Waals surface area contributed by atoms with Gasteiger partial charge in [0.1, 0.15) is 0 Å². The second-order valence-corrected chi connectivity index (χ2v) is 7.73. The molecule has 1 aromatic carbocycles. The van der Waals surface area contributed by atoms with Crippen LogP contribution in [-0.4, -0.2) is 26.7 Å². The molecule has 1 heterocycles. The van der Waals surface area contributed by atoms with Gasteiger partial charge in [0.2, 0.25) is 0 Å². The first-order valence-corrected chi connectivity index (χ1v) is 9.05. The number of hydrogen-bond acceptors (Lipinski definition) is 5. The van der Waals surface area contributed by atoms with Crippen LogP contribution in [0.15, 0.2) is 34.5 Å². The molecule has 0 fully saturated rings. The summed E-state index contributed by atoms with van der Waals surface area (Å²) < 4.78 is 22.9. The summed E-state index contributed by atoms with van der Waals surface area (Å²) in [5.41, 5.74) is 2.10. The van der Waals surface area contributed by atoms with Crippen molar-refractivity contribution in [3.05, 3.63) is 45.9 Å². The van der Waals surface area contributed by atoms with Gasteiger partial charge in [0.05, 0.1) is 9.90 Å². The molecule has 2 aromatic rings. The Labute approximate surface area is 123 Å². The third kappa shape index (κ3) is 3.65. The molecule has 0 saturated heterocycles. The van der Waals surface area contributed by atoms with E-state index in [2.05, 4.69) is 10.3 Å². The Hall–Kier alpha value is -1.24. The quantitative estimate of drug-likeness (QED) is 0.921. The third-order valence-corrected chi connectivity index (χ3v) is 5.22. The highest BCUT2D eigenvalue weighted by atomic mass is 32.2. The number of hydrogen-bond donors (Lipinski definition) is 1. The van der Waals surface area contributed by atoms with E-state index in [4.69, 9.17) is 0 Å². The maximum absolute atomic E-state index is 11.5. The summed E-state index contributed by atoms with van der Waals surface area (Å²) in [5, 5.41) is 6.37. The molecule has 0 aliphatic rings. The molecular weight excluding hydrogens is 292 g/mol. The Balaban J connectivity index is 2.19. The Morgan fingerprint density at radius 2 is 1.95 bits per heavy atom. The van der Waals surface area contributed by atoms with Crippen LogP contribution >= 0.6 is 11.3 Å². The molecule has 0 amide bonds. The number of nitrogens with one attached hydrogen (secondary N) is 1. The smallest absolute Gasteiger partial charge is 0.175 e. The minimum absolute atomic E-state index is 0.133. The van der Waals surface area contributed by atoms with Crippen molar-refractivity contribution in [1.29, 1.82) is 0 Å². The number of thiazole rings is 1. The third-order valence-electron chi connectivity index (χ3n) is 3.10. The lowest BCUT2D eigenvalue weighted by Crippen LogP contribution is -2.18. The van der Waals surface area contributed by atoms with Crippen molar-refractivity contribution in [3.63, 3.8) is 0 Å². The van der Waals surface area contributed by atoms with Gasteiger partial charge in [-0.05, 0) is 31.7 Å². The highest BCUT2D eigenvalue weighted by Gasteiger charge is 2.14. The summed E-state index contributed by atoms with van der Waals surface area (Å²) in [7, 11) is -1.24. The van der Waals surface area contributed by atoms with Crippen LogP contribution in [0, 0.1) is 6.92 Å². The molecular formula is C14H18N2O2S2. The molecule has 20 heavy (non-hydrogen) atoms. The van der Waals surface area contributed by atoms with Gasteiger partial charge < -0.3 is 5.32 Å². The number of rotatable bonds is 5. The van der Waals surface area contributed by atoms with Gasteiger partial charge in [0.15, 0.2) is 9.84 Å². The fourth-order valence-corrected chi connectivity index (χ4v) is 3.45. The van der Waals surface area contributed by atoms with Crippen LogP contribution in [0.5, 0.6) is 0 Å². The molecule has 1 unspecified atom stereocenters. The number of sulfone groups is 1. The Bertz CT molecular complexity index is 675. The van der Waals surface area contributed by atoms with E-state index in [1.54, 1.807) is 23.5 Å². The summed E-state index contributed by atoms with van der Waals surface area (Å²) >= 11 is 1.65. The van der Waals surface area contributed by atoms with Gasteiger partial charge >= 0.3 is 0 Å². The molecule has 0 radical (unpaired) electrons. The molecule has 0 saturated carbocycles. The fraction of sp³-hybridized carbons (Fsp3) is 0.357. The number of nitrogens with zero attached hydrogens (tertiary/aromatic N) is 1. The van der Waals surface area contributed by atoms with Gasteiger partial charge in [-0.3, -0.25) is 0 Å². The van der Waals surface area contributed by atoms with Gasteiger partial charge in [-0.15, -0.1) is 11.3 Å². The van der Waals surface area contributed by atoms with Gasteiger partial charge in [0.25, 0.3) is 0 Å². The maximum Gasteiger partial charge on any atom is 0.175 e. The van der Waals surface area contributed by atoms with E-state index in [1.807, 2.05) is 31.5 Å². The van der Waals surface area contributed by atoms with E-state index in [0.717, 1.165) is 22.7 Å². The molecule has 0 aliphatic carbocycles. The number of aromatic nitrogens is 1. The second-order valence-electron chi connectivity index (χ2n) is 4.77. The minimum Gasteiger partial charge on any atom is -0.313 e. The normalized spacial score (nSPS) is 13.3. The Morgan fingerprint density at radius 1 is 1.30 bits per heavy atom. The first-order valence-electron chi connectivity index (χ1n) is 6.28. The van der Waals surface area contributed by atoms with Crippen molar-refractivity contribution in [1.82, 2.24) is 10.3 Å². The van der Waals surface area contributed by atoms with E-state index in [-0.39, 0.29) is 6.04 Å². The van der Waals surface area contributed by atoms with E-state index in [1.165, 1.54) is 6.26 Å². The first-order chi connectivity index (χ1) is 9.40. The molecule has 108 valence electrons. The van der Waals surface area contributed by atoms with E-state index >= 15 is 0 Å². The minimum atomic E-state index is -3.14. The fourth-order valence-electron chi connectivity index (χ4n) is 2.00. The Kier molecular flexibility index (Phi) is 4.57. The van der Waals surface area contributed by atoms with E-state index in [9.17, 15) is 8.42 Å². The average Bonchev–Trinajstić information content (AvgIpc) is 2.81. The van der Waals surface area contributed by atoms with Crippen LogP contribution in [0.2, 0.25) is 0 Å². The summed E-state index contributed by atoms with van der Waals surface area (Å²) in [5.74, 6) is 0. The van der Waals surface area contributed by atoms with Gasteiger partial charge in [-0.2, -0.15) is 0 Å². The van der Waals surface area contributed by atoms with Gasteiger partial charge in [0, 0.05) is 29.8 Å². The first kappa shape index (κ1) is 15.2. The number of aryl methyl sites for hydroxylation is 1. The zero-order valence-electron chi connectivity index (χ0n) is 11.8. The molecule has 0 aliphatic heterocycles. The zero-order valence-corrected chi connectivity index (χ0v) is 13.4. The van der Waals surface area contributed by atoms with Crippen LogP contribution < -0.4 is 5.32 Å². The summed E-state index contributed by atoms with van der Waals surface area (Å²) in [4.78, 5) is 4.81. The molecule has 0 spiro atoms. The predicted molar refractivity (Wildman–Crippen MR) is 81.9 cm³/mol. The predicted octanol–water partition coefficient (Wildman–Crippen LogP) is 2.36. The van der Waals surface area contributed by atoms with Crippen LogP contribution in [0.1, 0.15) is 22.3 Å². The van der Waals surface area contributed by atoms with Crippen molar-refractivity contribution < 1.29 is 8.42 Å². The summed E-state index contributed by atoms with van der Waals surface area (Å²) in [6.07, 6.45) is 2.02. The summed E-state index contributed by atoms with van der Waals surface area (Å²) in [6, 6.07) is 7.16. The largest absolute Gasteiger partial charge is 0.313 e. The van der Waals surface area contributed by atoms with Crippen molar-refractivity contribution in [3.8, 4) is 0 Å². The second kappa shape index (κ2) is 6.03. The van der Waals surface area contributed by atoms with Crippen LogP contribution in [0.4, 0.5) is 0 Å². The average molecular weight is 310 g/mol. The van der Waals surface area contributed by atoms with Crippen LogP contribution in [-0.2, 0) is 16.3 Å². The van der Waals surface area contributed by atoms with Crippen molar-refractivity contribution in [2.45, 2.75) is 24.3 Å². The molecule has 4 nitrogen and oxygen atoms in total. The lowest BCUT2D eigenvalue weighted by Gasteiger charge is -2.15. The number of benzene rings is 1. The molecule has 2 rings (SSSR count). The Morgan fingerprint density at radius 3 is 2.40 bits per heavy atom. The number of likely N-dealkylation sites (N-methyl/N-ethyl adjacent to an activating group) is 1. The topological polar surface area (TPSA) is 59.1 Å². The molecule has 6 heteroatoms. The van der Waals surface area contributed by atoms with Crippen molar-refractivity contribution in [2.24, 2.45) is 0 Å². The van der Waals surface area contributed by atoms with E-state index < -0.39 is 9.84 Å². The van der Waals surface area contributed by atoms with Crippen molar-refractivity contribution >= 4 is 21.2 Å².